The molecule has 1 rings (SSSR count). The number of benzene rings is 1. The number of nitrogens with one attached hydrogen (secondary N) is 1. The Morgan fingerprint density at radius 3 is 2.57 bits per heavy atom. The van der Waals surface area contributed by atoms with Crippen LogP contribution < -0.4 is 5.43 Å². The first-order valence-corrected chi connectivity index (χ1v) is 6.45. The Bertz CT molecular complexity index is 594. The molecule has 0 aliphatic rings. The molecule has 0 saturated heterocycles. The molecule has 0 heterocycles. The molecule has 0 aliphatic heterocycles. The van der Waals surface area contributed by atoms with E-state index in [1.807, 2.05) is 0 Å². The molecule has 1 N–H and O–H groups in total. The fourth-order valence-electron chi connectivity index (χ4n) is 1.37. The molecular formula is C13H16ClN3O4. The number of halogens is 1. The minimum atomic E-state index is -0.703. The molecule has 0 aliphatic carbocycles. The molecule has 1 aromatic carbocycles. The molecule has 0 saturated carbocycles. The van der Waals surface area contributed by atoms with Crippen molar-refractivity contribution < 1.29 is 14.5 Å². The first-order chi connectivity index (χ1) is 9.60. The Kier molecular flexibility index (Phi) is 5.26. The van der Waals surface area contributed by atoms with E-state index in [2.05, 4.69) is 10.5 Å². The van der Waals surface area contributed by atoms with Gasteiger partial charge in [0.2, 0.25) is 0 Å². The van der Waals surface area contributed by atoms with Crippen molar-refractivity contribution in [3.8, 4) is 0 Å². The summed E-state index contributed by atoms with van der Waals surface area (Å²) >= 11 is 5.72. The van der Waals surface area contributed by atoms with Gasteiger partial charge in [-0.2, -0.15) is 5.10 Å². The van der Waals surface area contributed by atoms with Crippen molar-refractivity contribution in [2.45, 2.75) is 33.3 Å². The third kappa shape index (κ3) is 5.39. The third-order valence-electron chi connectivity index (χ3n) is 2.27. The van der Waals surface area contributed by atoms with Crippen LogP contribution in [0.25, 0.3) is 0 Å². The summed E-state index contributed by atoms with van der Waals surface area (Å²) in [5.74, 6) is 0. The highest BCUT2D eigenvalue weighted by molar-refractivity contribution is 6.32. The lowest BCUT2D eigenvalue weighted by atomic mass is 10.1. The van der Waals surface area contributed by atoms with Crippen LogP contribution in [0.3, 0.4) is 0 Å². The molecule has 0 atom stereocenters. The molecule has 0 unspecified atom stereocenters. The predicted molar refractivity (Wildman–Crippen MR) is 79.7 cm³/mol. The summed E-state index contributed by atoms with van der Waals surface area (Å²) in [6.07, 6.45) is -0.703. The molecule has 0 aromatic heterocycles. The maximum absolute atomic E-state index is 11.5. The maximum Gasteiger partial charge on any atom is 0.428 e. The zero-order valence-electron chi connectivity index (χ0n) is 12.1. The first-order valence-electron chi connectivity index (χ1n) is 6.08. The second kappa shape index (κ2) is 6.53. The van der Waals surface area contributed by atoms with Crippen LogP contribution in [0.5, 0.6) is 0 Å². The molecule has 7 nitrogen and oxygen atoms in total. The Hall–Kier alpha value is -2.15. The third-order valence-corrected chi connectivity index (χ3v) is 2.59. The number of nitrogens with zero attached hydrogens (tertiary/aromatic N) is 2. The van der Waals surface area contributed by atoms with Crippen molar-refractivity contribution in [2.24, 2.45) is 5.10 Å². The molecule has 0 bridgehead atoms. The molecule has 0 radical (unpaired) electrons. The molecule has 8 heteroatoms. The Labute approximate surface area is 127 Å². The Morgan fingerprint density at radius 1 is 1.43 bits per heavy atom. The molecule has 0 fully saturated rings. The number of amides is 1. The van der Waals surface area contributed by atoms with Crippen molar-refractivity contribution in [3.63, 3.8) is 0 Å². The standard InChI is InChI=1S/C13H16ClN3O4/c1-8(15-16-12(18)21-13(2,3)4)9-5-6-10(14)11(7-9)17(19)20/h5-7H,1-4H3,(H,16,18). The average molecular weight is 314 g/mol. The van der Waals surface area contributed by atoms with Crippen molar-refractivity contribution >= 4 is 29.1 Å². The van der Waals surface area contributed by atoms with E-state index in [-0.39, 0.29) is 10.7 Å². The Morgan fingerprint density at radius 2 is 2.05 bits per heavy atom. The second-order valence-corrected chi connectivity index (χ2v) is 5.64. The van der Waals surface area contributed by atoms with Gasteiger partial charge in [-0.15, -0.1) is 0 Å². The van der Waals surface area contributed by atoms with Gasteiger partial charge in [-0.1, -0.05) is 17.7 Å². The molecule has 21 heavy (non-hydrogen) atoms. The highest BCUT2D eigenvalue weighted by Crippen LogP contribution is 2.25. The van der Waals surface area contributed by atoms with E-state index in [1.54, 1.807) is 33.8 Å². The van der Waals surface area contributed by atoms with Crippen LogP contribution >= 0.6 is 11.6 Å². The van der Waals surface area contributed by atoms with E-state index in [1.165, 1.54) is 12.1 Å². The summed E-state index contributed by atoms with van der Waals surface area (Å²) in [5, 5.41) is 14.7. The zero-order valence-corrected chi connectivity index (χ0v) is 12.9. The number of rotatable bonds is 3. The van der Waals surface area contributed by atoms with Gasteiger partial charge in [-0.25, -0.2) is 10.2 Å². The molecule has 1 aromatic rings. The highest BCUT2D eigenvalue weighted by Gasteiger charge is 2.16. The van der Waals surface area contributed by atoms with Crippen LogP contribution in [0.4, 0.5) is 10.5 Å². The van der Waals surface area contributed by atoms with Gasteiger partial charge < -0.3 is 4.74 Å². The number of carbonyl (C=O) groups excluding carboxylic acids is 1. The number of ether oxygens (including phenoxy) is 1. The summed E-state index contributed by atoms with van der Waals surface area (Å²) < 4.78 is 5.02. The van der Waals surface area contributed by atoms with Gasteiger partial charge in [0.25, 0.3) is 5.69 Å². The molecule has 1 amide bonds. The first kappa shape index (κ1) is 16.9. The summed E-state index contributed by atoms with van der Waals surface area (Å²) in [6, 6.07) is 4.27. The quantitative estimate of drug-likeness (QED) is 0.525. The minimum absolute atomic E-state index is 0.0386. The summed E-state index contributed by atoms with van der Waals surface area (Å²) in [7, 11) is 0. The lowest BCUT2D eigenvalue weighted by molar-refractivity contribution is -0.384. The number of nitro benzene ring substituents is 1. The van der Waals surface area contributed by atoms with Gasteiger partial charge in [-0.3, -0.25) is 10.1 Å². The number of hydrogen-bond acceptors (Lipinski definition) is 5. The second-order valence-electron chi connectivity index (χ2n) is 5.23. The SMILES string of the molecule is CC(=NNC(=O)OC(C)(C)C)c1ccc(Cl)c([N+](=O)[O-])c1. The van der Waals surface area contributed by atoms with Crippen LogP contribution in [-0.4, -0.2) is 22.3 Å². The van der Waals surface area contributed by atoms with Crippen molar-refractivity contribution in [1.29, 1.82) is 0 Å². The van der Waals surface area contributed by atoms with Crippen LogP contribution in [0.15, 0.2) is 23.3 Å². The van der Waals surface area contributed by atoms with Crippen LogP contribution in [0.1, 0.15) is 33.3 Å². The fraction of sp³-hybridized carbons (Fsp3) is 0.385. The molecule has 0 spiro atoms. The Balaban J connectivity index is 2.86. The normalized spacial score (nSPS) is 12.0. The van der Waals surface area contributed by atoms with Gasteiger partial charge in [0.15, 0.2) is 0 Å². The molecular weight excluding hydrogens is 298 g/mol. The van der Waals surface area contributed by atoms with Crippen LogP contribution in [-0.2, 0) is 4.74 Å². The lowest BCUT2D eigenvalue weighted by Crippen LogP contribution is -2.30. The summed E-state index contributed by atoms with van der Waals surface area (Å²) in [5.41, 5.74) is 2.23. The fourth-order valence-corrected chi connectivity index (χ4v) is 1.56. The molecule has 114 valence electrons. The van der Waals surface area contributed by atoms with Gasteiger partial charge in [0.1, 0.15) is 10.6 Å². The van der Waals surface area contributed by atoms with Crippen molar-refractivity contribution in [2.75, 3.05) is 0 Å². The topological polar surface area (TPSA) is 93.8 Å². The maximum atomic E-state index is 11.5. The van der Waals surface area contributed by atoms with Crippen molar-refractivity contribution in [1.82, 2.24) is 5.43 Å². The number of carbonyl (C=O) groups is 1. The number of hydrogen-bond donors (Lipinski definition) is 1. The van der Waals surface area contributed by atoms with E-state index in [9.17, 15) is 14.9 Å². The summed E-state index contributed by atoms with van der Waals surface area (Å²) in [4.78, 5) is 21.7. The van der Waals surface area contributed by atoms with Gasteiger partial charge >= 0.3 is 6.09 Å². The van der Waals surface area contributed by atoms with Crippen LogP contribution in [0.2, 0.25) is 5.02 Å². The minimum Gasteiger partial charge on any atom is -0.443 e. The predicted octanol–water partition coefficient (Wildman–Crippen LogP) is 3.50. The number of hydrazone groups is 1. The smallest absolute Gasteiger partial charge is 0.428 e. The van der Waals surface area contributed by atoms with E-state index in [0.717, 1.165) is 0 Å². The van der Waals surface area contributed by atoms with Gasteiger partial charge in [0.05, 0.1) is 10.6 Å². The summed E-state index contributed by atoms with van der Waals surface area (Å²) in [6.45, 7) is 6.79. The lowest BCUT2D eigenvalue weighted by Gasteiger charge is -2.18. The average Bonchev–Trinajstić information content (AvgIpc) is 2.34. The largest absolute Gasteiger partial charge is 0.443 e. The highest BCUT2D eigenvalue weighted by atomic mass is 35.5. The number of nitro groups is 1. The van der Waals surface area contributed by atoms with E-state index in [0.29, 0.717) is 11.3 Å². The zero-order chi connectivity index (χ0) is 16.2. The van der Waals surface area contributed by atoms with E-state index < -0.39 is 16.6 Å². The van der Waals surface area contributed by atoms with Crippen molar-refractivity contribution in [3.05, 3.63) is 38.9 Å². The van der Waals surface area contributed by atoms with E-state index >= 15 is 0 Å². The van der Waals surface area contributed by atoms with Crippen LogP contribution in [0, 0.1) is 10.1 Å². The van der Waals surface area contributed by atoms with Gasteiger partial charge in [-0.05, 0) is 33.8 Å². The monoisotopic (exact) mass is 313 g/mol. The van der Waals surface area contributed by atoms with E-state index in [4.69, 9.17) is 16.3 Å². The van der Waals surface area contributed by atoms with Gasteiger partial charge in [0, 0.05) is 11.6 Å².